The molecule has 0 amide bonds. The summed E-state index contributed by atoms with van der Waals surface area (Å²) < 4.78 is 11.3. The molecule has 104 valence electrons. The molecule has 0 spiro atoms. The van der Waals surface area contributed by atoms with E-state index >= 15 is 0 Å². The van der Waals surface area contributed by atoms with Crippen LogP contribution in [0.25, 0.3) is 0 Å². The van der Waals surface area contributed by atoms with Gasteiger partial charge in [0.2, 0.25) is 0 Å². The van der Waals surface area contributed by atoms with E-state index in [1.54, 1.807) is 0 Å². The summed E-state index contributed by atoms with van der Waals surface area (Å²) in [7, 11) is 0. The molecule has 2 aliphatic heterocycles. The van der Waals surface area contributed by atoms with Crippen LogP contribution in [0.2, 0.25) is 0 Å². The predicted octanol–water partition coefficient (Wildman–Crippen LogP) is 1.40. The predicted molar refractivity (Wildman–Crippen MR) is 74.5 cm³/mol. The lowest BCUT2D eigenvalue weighted by Gasteiger charge is -2.42. The molecule has 4 heteroatoms. The van der Waals surface area contributed by atoms with Crippen LogP contribution in [0.5, 0.6) is 5.75 Å². The third-order valence-electron chi connectivity index (χ3n) is 4.32. The van der Waals surface area contributed by atoms with Gasteiger partial charge < -0.3 is 15.2 Å². The molecule has 2 aliphatic rings. The maximum Gasteiger partial charge on any atom is 0.124 e. The van der Waals surface area contributed by atoms with Crippen molar-refractivity contribution in [3.05, 3.63) is 28.8 Å². The van der Waals surface area contributed by atoms with Crippen molar-refractivity contribution in [2.75, 3.05) is 32.9 Å². The van der Waals surface area contributed by atoms with E-state index in [4.69, 9.17) is 15.2 Å². The summed E-state index contributed by atoms with van der Waals surface area (Å²) in [6.07, 6.45) is 0. The summed E-state index contributed by atoms with van der Waals surface area (Å²) in [5.41, 5.74) is 10.2. The van der Waals surface area contributed by atoms with Gasteiger partial charge in [-0.15, -0.1) is 0 Å². The third kappa shape index (κ3) is 2.24. The lowest BCUT2D eigenvalue weighted by atomic mass is 9.89. The summed E-state index contributed by atoms with van der Waals surface area (Å²) in [4.78, 5) is 2.45. The van der Waals surface area contributed by atoms with Gasteiger partial charge in [-0.3, -0.25) is 4.90 Å². The number of nitrogens with two attached hydrogens (primary N) is 1. The lowest BCUT2D eigenvalue weighted by molar-refractivity contribution is 0.00121. The smallest absolute Gasteiger partial charge is 0.124 e. The Morgan fingerprint density at radius 2 is 1.95 bits per heavy atom. The highest BCUT2D eigenvalue weighted by molar-refractivity contribution is 5.48. The Hall–Kier alpha value is -1.10. The van der Waals surface area contributed by atoms with Gasteiger partial charge in [-0.25, -0.2) is 0 Å². The van der Waals surface area contributed by atoms with E-state index in [1.165, 1.54) is 16.7 Å². The van der Waals surface area contributed by atoms with E-state index < -0.39 is 0 Å². The highest BCUT2D eigenvalue weighted by Gasteiger charge is 2.35. The van der Waals surface area contributed by atoms with Gasteiger partial charge in [0, 0.05) is 18.7 Å². The normalized spacial score (nSPS) is 27.7. The summed E-state index contributed by atoms with van der Waals surface area (Å²) in [6.45, 7) is 8.40. The minimum absolute atomic E-state index is 0.0334. The molecule has 1 fully saturated rings. The number of rotatable bonds is 1. The molecule has 2 heterocycles. The van der Waals surface area contributed by atoms with E-state index in [9.17, 15) is 0 Å². The van der Waals surface area contributed by atoms with E-state index in [-0.39, 0.29) is 12.1 Å². The molecule has 3 rings (SSSR count). The van der Waals surface area contributed by atoms with Gasteiger partial charge in [0.15, 0.2) is 0 Å². The van der Waals surface area contributed by atoms with Gasteiger partial charge in [-0.1, -0.05) is 6.07 Å². The molecule has 2 N–H and O–H groups in total. The summed E-state index contributed by atoms with van der Waals surface area (Å²) in [6, 6.07) is 4.50. The molecule has 0 radical (unpaired) electrons. The minimum Gasteiger partial charge on any atom is -0.492 e. The first-order valence-corrected chi connectivity index (χ1v) is 6.99. The van der Waals surface area contributed by atoms with Gasteiger partial charge in [0.25, 0.3) is 0 Å². The van der Waals surface area contributed by atoms with Gasteiger partial charge in [0.05, 0.1) is 25.3 Å². The zero-order valence-corrected chi connectivity index (χ0v) is 11.7. The van der Waals surface area contributed by atoms with Crippen LogP contribution >= 0.6 is 0 Å². The second-order valence-corrected chi connectivity index (χ2v) is 5.49. The monoisotopic (exact) mass is 262 g/mol. The Bertz CT molecular complexity index is 469. The zero-order chi connectivity index (χ0) is 13.4. The molecule has 1 saturated heterocycles. The molecule has 0 bridgehead atoms. The fourth-order valence-electron chi connectivity index (χ4n) is 3.11. The number of benzene rings is 1. The van der Waals surface area contributed by atoms with Crippen LogP contribution in [0.4, 0.5) is 0 Å². The van der Waals surface area contributed by atoms with Crippen LogP contribution in [0.15, 0.2) is 12.1 Å². The minimum atomic E-state index is 0.0334. The van der Waals surface area contributed by atoms with Crippen molar-refractivity contribution in [1.82, 2.24) is 4.90 Å². The van der Waals surface area contributed by atoms with Crippen molar-refractivity contribution in [1.29, 1.82) is 0 Å². The van der Waals surface area contributed by atoms with Gasteiger partial charge >= 0.3 is 0 Å². The average Bonchev–Trinajstić information content (AvgIpc) is 2.44. The number of fused-ring (bicyclic) bond motifs is 1. The Morgan fingerprint density at radius 1 is 1.21 bits per heavy atom. The van der Waals surface area contributed by atoms with Crippen molar-refractivity contribution in [2.24, 2.45) is 5.73 Å². The second-order valence-electron chi connectivity index (χ2n) is 5.49. The van der Waals surface area contributed by atoms with E-state index in [1.807, 2.05) is 0 Å². The fraction of sp³-hybridized carbons (Fsp3) is 0.600. The van der Waals surface area contributed by atoms with Crippen molar-refractivity contribution >= 4 is 0 Å². The quantitative estimate of drug-likeness (QED) is 0.831. The maximum atomic E-state index is 6.34. The second kappa shape index (κ2) is 5.12. The molecule has 1 aromatic rings. The van der Waals surface area contributed by atoms with Crippen LogP contribution in [0.3, 0.4) is 0 Å². The zero-order valence-electron chi connectivity index (χ0n) is 11.7. The van der Waals surface area contributed by atoms with Crippen molar-refractivity contribution in [3.63, 3.8) is 0 Å². The Balaban J connectivity index is 2.02. The first-order valence-electron chi connectivity index (χ1n) is 6.99. The van der Waals surface area contributed by atoms with Crippen LogP contribution in [-0.2, 0) is 4.74 Å². The van der Waals surface area contributed by atoms with Crippen molar-refractivity contribution in [3.8, 4) is 5.75 Å². The van der Waals surface area contributed by atoms with E-state index in [0.29, 0.717) is 6.61 Å². The maximum absolute atomic E-state index is 6.34. The first-order chi connectivity index (χ1) is 9.18. The first kappa shape index (κ1) is 12.9. The lowest BCUT2D eigenvalue weighted by Crippen LogP contribution is -2.50. The molecule has 2 unspecified atom stereocenters. The molecule has 1 aromatic carbocycles. The third-order valence-corrected chi connectivity index (χ3v) is 4.32. The topological polar surface area (TPSA) is 47.7 Å². The molecule has 4 nitrogen and oxygen atoms in total. The molecule has 0 saturated carbocycles. The summed E-state index contributed by atoms with van der Waals surface area (Å²) >= 11 is 0. The molecule has 2 atom stereocenters. The molecule has 19 heavy (non-hydrogen) atoms. The highest BCUT2D eigenvalue weighted by Crippen LogP contribution is 2.39. The van der Waals surface area contributed by atoms with Crippen LogP contribution in [0.1, 0.15) is 22.7 Å². The molecular formula is C15H22N2O2. The summed E-state index contributed by atoms with van der Waals surface area (Å²) in [5, 5.41) is 0. The Kier molecular flexibility index (Phi) is 3.48. The number of aryl methyl sites for hydroxylation is 1. The largest absolute Gasteiger partial charge is 0.492 e. The van der Waals surface area contributed by atoms with E-state index in [2.05, 4.69) is 30.9 Å². The average molecular weight is 262 g/mol. The van der Waals surface area contributed by atoms with Crippen molar-refractivity contribution in [2.45, 2.75) is 25.9 Å². The van der Waals surface area contributed by atoms with Crippen LogP contribution in [-0.4, -0.2) is 43.9 Å². The van der Waals surface area contributed by atoms with E-state index in [0.717, 1.165) is 32.1 Å². The summed E-state index contributed by atoms with van der Waals surface area (Å²) in [5.74, 6) is 1.00. The van der Waals surface area contributed by atoms with Gasteiger partial charge in [-0.2, -0.15) is 0 Å². The highest BCUT2D eigenvalue weighted by atomic mass is 16.5. The Morgan fingerprint density at radius 3 is 2.68 bits per heavy atom. The van der Waals surface area contributed by atoms with Gasteiger partial charge in [-0.05, 0) is 31.0 Å². The fourth-order valence-corrected chi connectivity index (χ4v) is 3.11. The van der Waals surface area contributed by atoms with Gasteiger partial charge in [0.1, 0.15) is 12.4 Å². The number of hydrogen-bond donors (Lipinski definition) is 1. The number of hydrogen-bond acceptors (Lipinski definition) is 4. The molecule has 0 aliphatic carbocycles. The van der Waals surface area contributed by atoms with Crippen molar-refractivity contribution < 1.29 is 9.47 Å². The SMILES string of the molecule is Cc1ccc2c(c1C)C(N1CCOCC1)C(N)CO2. The Labute approximate surface area is 114 Å². The number of morpholine rings is 1. The standard InChI is InChI=1S/C15H22N2O2/c1-10-3-4-13-14(11(10)2)15(12(16)9-19-13)17-5-7-18-8-6-17/h3-4,12,15H,5-9,16H2,1-2H3. The number of ether oxygens (including phenoxy) is 2. The number of nitrogens with zero attached hydrogens (tertiary/aromatic N) is 1. The molecular weight excluding hydrogens is 240 g/mol. The van der Waals surface area contributed by atoms with Crippen LogP contribution < -0.4 is 10.5 Å². The van der Waals surface area contributed by atoms with Crippen LogP contribution in [0, 0.1) is 13.8 Å². The molecule has 0 aromatic heterocycles.